The number of benzene rings is 2. The van der Waals surface area contributed by atoms with Gasteiger partial charge in [-0.25, -0.2) is 9.37 Å². The van der Waals surface area contributed by atoms with Gasteiger partial charge in [0.05, 0.1) is 17.0 Å². The smallest absolute Gasteiger partial charge is 0.276 e. The molecule has 146 valence electrons. The number of amides is 1. The molecular weight excluding hydrogens is 433 g/mol. The molecule has 1 N–H and O–H groups in total. The monoisotopic (exact) mass is 445 g/mol. The zero-order valence-electron chi connectivity index (χ0n) is 14.8. The average Bonchev–Trinajstić information content (AvgIpc) is 3.15. The van der Waals surface area contributed by atoms with E-state index in [0.717, 1.165) is 11.8 Å². The van der Waals surface area contributed by atoms with E-state index in [1.165, 1.54) is 34.1 Å². The van der Waals surface area contributed by atoms with Crippen molar-refractivity contribution >= 4 is 56.5 Å². The van der Waals surface area contributed by atoms with Crippen LogP contribution in [0, 0.1) is 5.82 Å². The van der Waals surface area contributed by atoms with Crippen LogP contribution in [0.2, 0.25) is 5.02 Å². The van der Waals surface area contributed by atoms with Gasteiger partial charge < -0.3 is 5.32 Å². The number of nitrogens with zero attached hydrogens (tertiary/aromatic N) is 2. The summed E-state index contributed by atoms with van der Waals surface area (Å²) in [4.78, 5) is 29.9. The number of aromatic nitrogens is 2. The standard InChI is InChI=1S/C20H13ClFN3O2S2/c21-12-3-1-6-15(9-12)25-19(27)18-16(7-8-28-18)24-20(25)29-11-17(26)23-14-5-2-4-13(22)10-14/h1-10H,11H2,(H,23,26). The summed E-state index contributed by atoms with van der Waals surface area (Å²) in [6.07, 6.45) is 0. The fourth-order valence-electron chi connectivity index (χ4n) is 2.73. The Balaban J connectivity index is 1.65. The number of thiophene rings is 1. The van der Waals surface area contributed by atoms with Gasteiger partial charge in [0, 0.05) is 10.7 Å². The molecule has 29 heavy (non-hydrogen) atoms. The van der Waals surface area contributed by atoms with E-state index in [4.69, 9.17) is 11.6 Å². The van der Waals surface area contributed by atoms with Gasteiger partial charge in [-0.15, -0.1) is 11.3 Å². The maximum Gasteiger partial charge on any atom is 0.276 e. The van der Waals surface area contributed by atoms with E-state index >= 15 is 0 Å². The summed E-state index contributed by atoms with van der Waals surface area (Å²) in [5, 5.41) is 5.29. The van der Waals surface area contributed by atoms with Crippen molar-refractivity contribution in [3.63, 3.8) is 0 Å². The topological polar surface area (TPSA) is 64.0 Å². The lowest BCUT2D eigenvalue weighted by Crippen LogP contribution is -2.22. The highest BCUT2D eigenvalue weighted by molar-refractivity contribution is 7.99. The SMILES string of the molecule is O=C(CSc1nc2ccsc2c(=O)n1-c1cccc(Cl)c1)Nc1cccc(F)c1. The third-order valence-electron chi connectivity index (χ3n) is 3.96. The predicted octanol–water partition coefficient (Wildman–Crippen LogP) is 4.97. The number of hydrogen-bond donors (Lipinski definition) is 1. The Hall–Kier alpha value is -2.68. The van der Waals surface area contributed by atoms with Crippen LogP contribution in [-0.2, 0) is 4.79 Å². The van der Waals surface area contributed by atoms with Crippen LogP contribution in [0.4, 0.5) is 10.1 Å². The number of rotatable bonds is 5. The van der Waals surface area contributed by atoms with Crippen molar-refractivity contribution in [2.24, 2.45) is 0 Å². The van der Waals surface area contributed by atoms with Gasteiger partial charge >= 0.3 is 0 Å². The van der Waals surface area contributed by atoms with Crippen LogP contribution in [0.3, 0.4) is 0 Å². The Morgan fingerprint density at radius 1 is 1.21 bits per heavy atom. The van der Waals surface area contributed by atoms with Gasteiger partial charge in [-0.05, 0) is 47.8 Å². The van der Waals surface area contributed by atoms with E-state index in [1.54, 1.807) is 41.8 Å². The first kappa shape index (κ1) is 19.6. The lowest BCUT2D eigenvalue weighted by molar-refractivity contribution is -0.113. The summed E-state index contributed by atoms with van der Waals surface area (Å²) in [5.41, 5.74) is 1.29. The lowest BCUT2D eigenvalue weighted by atomic mass is 10.3. The minimum atomic E-state index is -0.435. The zero-order chi connectivity index (χ0) is 20.4. The van der Waals surface area contributed by atoms with E-state index in [1.807, 2.05) is 0 Å². The molecule has 2 heterocycles. The first-order chi connectivity index (χ1) is 14.0. The first-order valence-electron chi connectivity index (χ1n) is 8.46. The number of fused-ring (bicyclic) bond motifs is 1. The van der Waals surface area contributed by atoms with Gasteiger partial charge in [-0.1, -0.05) is 35.5 Å². The highest BCUT2D eigenvalue weighted by Gasteiger charge is 2.16. The Kier molecular flexibility index (Phi) is 5.66. The van der Waals surface area contributed by atoms with Gasteiger partial charge in [0.2, 0.25) is 5.91 Å². The van der Waals surface area contributed by atoms with Crippen LogP contribution in [0.25, 0.3) is 15.9 Å². The normalized spacial score (nSPS) is 11.0. The number of carbonyl (C=O) groups is 1. The van der Waals surface area contributed by atoms with Gasteiger partial charge in [0.15, 0.2) is 5.16 Å². The van der Waals surface area contributed by atoms with Crippen molar-refractivity contribution in [3.8, 4) is 5.69 Å². The second-order valence-electron chi connectivity index (χ2n) is 6.00. The molecule has 2 aromatic carbocycles. The minimum absolute atomic E-state index is 0.000830. The highest BCUT2D eigenvalue weighted by Crippen LogP contribution is 2.25. The van der Waals surface area contributed by atoms with Crippen molar-refractivity contribution in [3.05, 3.63) is 81.2 Å². The Morgan fingerprint density at radius 3 is 2.83 bits per heavy atom. The number of hydrogen-bond acceptors (Lipinski definition) is 5. The Bertz CT molecular complexity index is 1270. The number of halogens is 2. The van der Waals surface area contributed by atoms with Crippen LogP contribution in [0.15, 0.2) is 69.9 Å². The van der Waals surface area contributed by atoms with Gasteiger partial charge in [0.25, 0.3) is 5.56 Å². The second-order valence-corrected chi connectivity index (χ2v) is 8.29. The largest absolute Gasteiger partial charge is 0.325 e. The molecule has 0 radical (unpaired) electrons. The quantitative estimate of drug-likeness (QED) is 0.348. The molecule has 2 aromatic heterocycles. The summed E-state index contributed by atoms with van der Waals surface area (Å²) < 4.78 is 15.3. The molecule has 4 rings (SSSR count). The Morgan fingerprint density at radius 2 is 2.03 bits per heavy atom. The summed E-state index contributed by atoms with van der Waals surface area (Å²) >= 11 is 8.52. The van der Waals surface area contributed by atoms with E-state index < -0.39 is 5.82 Å². The summed E-state index contributed by atoms with van der Waals surface area (Å²) in [5.74, 6) is -0.771. The zero-order valence-corrected chi connectivity index (χ0v) is 17.2. The van der Waals surface area contributed by atoms with Crippen molar-refractivity contribution < 1.29 is 9.18 Å². The molecular formula is C20H13ClFN3O2S2. The van der Waals surface area contributed by atoms with E-state index in [9.17, 15) is 14.0 Å². The van der Waals surface area contributed by atoms with Gasteiger partial charge in [0.1, 0.15) is 10.5 Å². The van der Waals surface area contributed by atoms with E-state index in [0.29, 0.717) is 31.8 Å². The van der Waals surface area contributed by atoms with Crippen LogP contribution >= 0.6 is 34.7 Å². The molecule has 0 unspecified atom stereocenters. The fraction of sp³-hybridized carbons (Fsp3) is 0.0500. The molecule has 0 aliphatic heterocycles. The maximum atomic E-state index is 13.3. The predicted molar refractivity (Wildman–Crippen MR) is 116 cm³/mol. The average molecular weight is 446 g/mol. The molecule has 0 aliphatic rings. The molecule has 0 atom stereocenters. The molecule has 9 heteroatoms. The number of thioether (sulfide) groups is 1. The first-order valence-corrected chi connectivity index (χ1v) is 10.7. The lowest BCUT2D eigenvalue weighted by Gasteiger charge is -2.12. The van der Waals surface area contributed by atoms with E-state index in [-0.39, 0.29) is 17.2 Å². The molecule has 0 spiro atoms. The van der Waals surface area contributed by atoms with Crippen LogP contribution in [0.1, 0.15) is 0 Å². The van der Waals surface area contributed by atoms with Crippen molar-refractivity contribution in [1.82, 2.24) is 9.55 Å². The molecule has 1 amide bonds. The third kappa shape index (κ3) is 4.34. The number of nitrogens with one attached hydrogen (secondary N) is 1. The van der Waals surface area contributed by atoms with Crippen LogP contribution in [0.5, 0.6) is 0 Å². The molecule has 0 fully saturated rings. The summed E-state index contributed by atoms with van der Waals surface area (Å²) in [6.45, 7) is 0. The molecule has 0 aliphatic carbocycles. The molecule has 4 aromatic rings. The van der Waals surface area contributed by atoms with Crippen LogP contribution in [-0.4, -0.2) is 21.2 Å². The van der Waals surface area contributed by atoms with Crippen molar-refractivity contribution in [2.75, 3.05) is 11.1 Å². The van der Waals surface area contributed by atoms with Gasteiger partial charge in [-0.3, -0.25) is 14.2 Å². The Labute approximate surface area is 178 Å². The van der Waals surface area contributed by atoms with Crippen LogP contribution < -0.4 is 10.9 Å². The van der Waals surface area contributed by atoms with Crippen molar-refractivity contribution in [1.29, 1.82) is 0 Å². The second kappa shape index (κ2) is 8.36. The fourth-order valence-corrected chi connectivity index (χ4v) is 4.48. The summed E-state index contributed by atoms with van der Waals surface area (Å²) in [6, 6.07) is 14.3. The van der Waals surface area contributed by atoms with Gasteiger partial charge in [-0.2, -0.15) is 0 Å². The summed E-state index contributed by atoms with van der Waals surface area (Å²) in [7, 11) is 0. The maximum absolute atomic E-state index is 13.3. The molecule has 0 saturated heterocycles. The molecule has 0 saturated carbocycles. The third-order valence-corrected chi connectivity index (χ3v) is 6.02. The van der Waals surface area contributed by atoms with E-state index in [2.05, 4.69) is 10.3 Å². The molecule has 0 bridgehead atoms. The highest BCUT2D eigenvalue weighted by atomic mass is 35.5. The number of carbonyl (C=O) groups excluding carboxylic acids is 1. The van der Waals surface area contributed by atoms with Crippen molar-refractivity contribution in [2.45, 2.75) is 5.16 Å². The number of anilines is 1. The minimum Gasteiger partial charge on any atom is -0.325 e. The molecule has 5 nitrogen and oxygen atoms in total.